The van der Waals surface area contributed by atoms with Gasteiger partial charge < -0.3 is 14.8 Å². The maximum atomic E-state index is 12.5. The Kier molecular flexibility index (Phi) is 4.64. The molecule has 1 amide bonds. The Morgan fingerprint density at radius 1 is 1.26 bits per heavy atom. The van der Waals surface area contributed by atoms with Crippen molar-refractivity contribution in [3.05, 3.63) is 63.8 Å². The van der Waals surface area contributed by atoms with Crippen LogP contribution in [0.2, 0.25) is 0 Å². The molecule has 0 bridgehead atoms. The van der Waals surface area contributed by atoms with Gasteiger partial charge in [-0.1, -0.05) is 12.1 Å². The second kappa shape index (κ2) is 7.24. The van der Waals surface area contributed by atoms with Crippen molar-refractivity contribution in [3.63, 3.8) is 0 Å². The smallest absolute Gasteiger partial charge is 0.267 e. The lowest BCUT2D eigenvalue weighted by Crippen LogP contribution is -2.36. The lowest BCUT2D eigenvalue weighted by atomic mass is 10.2. The summed E-state index contributed by atoms with van der Waals surface area (Å²) in [5.74, 6) is 1.07. The minimum Gasteiger partial charge on any atom is -0.454 e. The third kappa shape index (κ3) is 3.56. The molecule has 0 fully saturated rings. The molecule has 7 nitrogen and oxygen atoms in total. The number of aromatic nitrogens is 2. The Morgan fingerprint density at radius 3 is 2.93 bits per heavy atom. The van der Waals surface area contributed by atoms with Crippen molar-refractivity contribution in [1.29, 1.82) is 0 Å². The van der Waals surface area contributed by atoms with E-state index in [0.29, 0.717) is 23.7 Å². The molecule has 27 heavy (non-hydrogen) atoms. The number of carbonyl (C=O) groups is 1. The molecule has 1 aliphatic rings. The molecule has 0 spiro atoms. The summed E-state index contributed by atoms with van der Waals surface area (Å²) in [6, 6.07) is 11.7. The molecule has 0 radical (unpaired) electrons. The minimum absolute atomic E-state index is 0.206. The predicted octanol–water partition coefficient (Wildman–Crippen LogP) is 2.58. The average Bonchev–Trinajstić information content (AvgIpc) is 3.37. The Labute approximate surface area is 159 Å². The van der Waals surface area contributed by atoms with Crippen LogP contribution in [0.15, 0.2) is 52.6 Å². The van der Waals surface area contributed by atoms with Crippen LogP contribution in [0.25, 0.3) is 10.6 Å². The van der Waals surface area contributed by atoms with Crippen LogP contribution < -0.4 is 20.3 Å². The van der Waals surface area contributed by atoms with E-state index >= 15 is 0 Å². The summed E-state index contributed by atoms with van der Waals surface area (Å²) in [4.78, 5) is 25.7. The molecule has 4 rings (SSSR count). The number of nitrogens with one attached hydrogen (secondary N) is 1. The largest absolute Gasteiger partial charge is 0.454 e. The third-order valence-corrected chi connectivity index (χ3v) is 5.14. The normalized spacial score (nSPS) is 13.4. The van der Waals surface area contributed by atoms with Crippen molar-refractivity contribution < 1.29 is 14.3 Å². The second-order valence-corrected chi connectivity index (χ2v) is 7.01. The Morgan fingerprint density at radius 2 is 2.11 bits per heavy atom. The fourth-order valence-electron chi connectivity index (χ4n) is 2.76. The van der Waals surface area contributed by atoms with Crippen LogP contribution in [0.1, 0.15) is 18.5 Å². The van der Waals surface area contributed by atoms with Crippen LogP contribution >= 0.6 is 11.3 Å². The number of fused-ring (bicyclic) bond motifs is 1. The molecule has 1 atom stereocenters. The number of ether oxygens (including phenoxy) is 2. The zero-order valence-electron chi connectivity index (χ0n) is 14.5. The second-order valence-electron chi connectivity index (χ2n) is 6.06. The molecule has 138 valence electrons. The van der Waals surface area contributed by atoms with Crippen LogP contribution in [-0.4, -0.2) is 22.5 Å². The van der Waals surface area contributed by atoms with Gasteiger partial charge in [-0.2, -0.15) is 5.10 Å². The predicted molar refractivity (Wildman–Crippen MR) is 101 cm³/mol. The van der Waals surface area contributed by atoms with E-state index < -0.39 is 6.04 Å². The van der Waals surface area contributed by atoms with E-state index in [1.807, 2.05) is 35.7 Å². The number of thiophene rings is 1. The molecule has 1 aliphatic heterocycles. The molecule has 0 saturated heterocycles. The van der Waals surface area contributed by atoms with Crippen molar-refractivity contribution in [2.45, 2.75) is 19.5 Å². The molecule has 8 heteroatoms. The molecule has 3 aromatic rings. The Hall–Kier alpha value is -3.13. The Bertz CT molecular complexity index is 1030. The molecule has 2 aromatic heterocycles. The van der Waals surface area contributed by atoms with Gasteiger partial charge in [-0.05, 0) is 42.1 Å². The molecular formula is C19H17N3O4S. The molecule has 1 unspecified atom stereocenters. The summed E-state index contributed by atoms with van der Waals surface area (Å²) in [5.41, 5.74) is 1.23. The number of benzene rings is 1. The number of rotatable bonds is 5. The zero-order chi connectivity index (χ0) is 18.8. The molecule has 1 N–H and O–H groups in total. The molecule has 1 aromatic carbocycles. The van der Waals surface area contributed by atoms with Crippen LogP contribution in [0.4, 0.5) is 0 Å². The number of hydrogen-bond acceptors (Lipinski definition) is 6. The highest BCUT2D eigenvalue weighted by Crippen LogP contribution is 2.32. The standard InChI is InChI=1S/C19H17N3O4S/c1-12(22-18(23)7-5-14(21-22)17-3-2-8-27-17)19(24)20-10-13-4-6-15-16(9-13)26-11-25-15/h2-9,12H,10-11H2,1H3,(H,20,24). The molecule has 0 aliphatic carbocycles. The fourth-order valence-corrected chi connectivity index (χ4v) is 3.45. The summed E-state index contributed by atoms with van der Waals surface area (Å²) >= 11 is 1.53. The van der Waals surface area contributed by atoms with Gasteiger partial charge in [-0.15, -0.1) is 11.3 Å². The summed E-state index contributed by atoms with van der Waals surface area (Å²) in [6.07, 6.45) is 0. The fraction of sp³-hybridized carbons (Fsp3) is 0.211. The Balaban J connectivity index is 1.47. The first-order valence-electron chi connectivity index (χ1n) is 8.42. The first-order chi connectivity index (χ1) is 13.1. The summed E-state index contributed by atoms with van der Waals surface area (Å²) in [7, 11) is 0. The van der Waals surface area contributed by atoms with Gasteiger partial charge in [0.1, 0.15) is 11.7 Å². The summed E-state index contributed by atoms with van der Waals surface area (Å²) in [5, 5.41) is 9.13. The maximum Gasteiger partial charge on any atom is 0.267 e. The topological polar surface area (TPSA) is 82.4 Å². The quantitative estimate of drug-likeness (QED) is 0.732. The number of hydrogen-bond donors (Lipinski definition) is 1. The van der Waals surface area contributed by atoms with E-state index in [9.17, 15) is 9.59 Å². The van der Waals surface area contributed by atoms with Gasteiger partial charge in [-0.3, -0.25) is 9.59 Å². The third-order valence-electron chi connectivity index (χ3n) is 4.25. The lowest BCUT2D eigenvalue weighted by Gasteiger charge is -2.15. The monoisotopic (exact) mass is 383 g/mol. The minimum atomic E-state index is -0.730. The van der Waals surface area contributed by atoms with Crippen molar-refractivity contribution >= 4 is 17.2 Å². The maximum absolute atomic E-state index is 12.5. The first kappa shape index (κ1) is 17.3. The van der Waals surface area contributed by atoms with Crippen LogP contribution in [0.5, 0.6) is 11.5 Å². The van der Waals surface area contributed by atoms with E-state index in [1.165, 1.54) is 22.1 Å². The zero-order valence-corrected chi connectivity index (χ0v) is 15.4. The SMILES string of the molecule is CC(C(=O)NCc1ccc2c(c1)OCO2)n1nc(-c2cccs2)ccc1=O. The van der Waals surface area contributed by atoms with E-state index in [-0.39, 0.29) is 18.3 Å². The van der Waals surface area contributed by atoms with Crippen LogP contribution in [0.3, 0.4) is 0 Å². The van der Waals surface area contributed by atoms with Gasteiger partial charge in [0.15, 0.2) is 11.5 Å². The van der Waals surface area contributed by atoms with Crippen LogP contribution in [0, 0.1) is 0 Å². The van der Waals surface area contributed by atoms with E-state index in [4.69, 9.17) is 9.47 Å². The highest BCUT2D eigenvalue weighted by Gasteiger charge is 2.19. The summed E-state index contributed by atoms with van der Waals surface area (Å²) in [6.45, 7) is 2.18. The highest BCUT2D eigenvalue weighted by atomic mass is 32.1. The summed E-state index contributed by atoms with van der Waals surface area (Å²) < 4.78 is 11.8. The van der Waals surface area contributed by atoms with Crippen molar-refractivity contribution in [2.75, 3.05) is 6.79 Å². The number of nitrogens with zero attached hydrogens (tertiary/aromatic N) is 2. The van der Waals surface area contributed by atoms with E-state index in [0.717, 1.165) is 10.4 Å². The van der Waals surface area contributed by atoms with Gasteiger partial charge in [0.25, 0.3) is 5.56 Å². The molecular weight excluding hydrogens is 366 g/mol. The van der Waals surface area contributed by atoms with Crippen molar-refractivity contribution in [2.24, 2.45) is 0 Å². The van der Waals surface area contributed by atoms with Crippen molar-refractivity contribution in [3.8, 4) is 22.1 Å². The van der Waals surface area contributed by atoms with Gasteiger partial charge in [0, 0.05) is 12.6 Å². The van der Waals surface area contributed by atoms with Crippen LogP contribution in [-0.2, 0) is 11.3 Å². The molecule has 0 saturated carbocycles. The highest BCUT2D eigenvalue weighted by molar-refractivity contribution is 7.13. The van der Waals surface area contributed by atoms with Gasteiger partial charge in [0.05, 0.1) is 4.88 Å². The van der Waals surface area contributed by atoms with Gasteiger partial charge in [0.2, 0.25) is 12.7 Å². The van der Waals surface area contributed by atoms with Gasteiger partial charge in [-0.25, -0.2) is 4.68 Å². The average molecular weight is 383 g/mol. The number of carbonyl (C=O) groups excluding carboxylic acids is 1. The van der Waals surface area contributed by atoms with Gasteiger partial charge >= 0.3 is 0 Å². The first-order valence-corrected chi connectivity index (χ1v) is 9.30. The van der Waals surface area contributed by atoms with Crippen molar-refractivity contribution in [1.82, 2.24) is 15.1 Å². The lowest BCUT2D eigenvalue weighted by molar-refractivity contribution is -0.124. The van der Waals surface area contributed by atoms with E-state index in [2.05, 4.69) is 10.4 Å². The molecule has 3 heterocycles. The van der Waals surface area contributed by atoms with E-state index in [1.54, 1.807) is 13.0 Å². The number of amides is 1.